The second-order valence-electron chi connectivity index (χ2n) is 7.05. The van der Waals surface area contributed by atoms with Crippen LogP contribution < -0.4 is 15.4 Å². The van der Waals surface area contributed by atoms with Gasteiger partial charge in [-0.05, 0) is 43.2 Å². The Morgan fingerprint density at radius 3 is 2.52 bits per heavy atom. The second kappa shape index (κ2) is 9.78. The monoisotopic (exact) mass is 440 g/mol. The van der Waals surface area contributed by atoms with Crippen LogP contribution in [0.1, 0.15) is 19.8 Å². The van der Waals surface area contributed by atoms with E-state index in [0.717, 1.165) is 29.9 Å². The number of hydrogen-bond acceptors (Lipinski definition) is 4. The van der Waals surface area contributed by atoms with E-state index in [0.29, 0.717) is 12.1 Å². The number of ether oxygens (including phenoxy) is 2. The van der Waals surface area contributed by atoms with E-state index < -0.39 is 47.8 Å². The molecule has 2 unspecified atom stereocenters. The van der Waals surface area contributed by atoms with Gasteiger partial charge in [0.25, 0.3) is 5.91 Å². The van der Waals surface area contributed by atoms with Crippen LogP contribution in [0, 0.1) is 11.6 Å². The summed E-state index contributed by atoms with van der Waals surface area (Å²) in [6.07, 6.45) is 1.83. The van der Waals surface area contributed by atoms with Gasteiger partial charge in [0.2, 0.25) is 5.91 Å². The van der Waals surface area contributed by atoms with Crippen molar-refractivity contribution in [3.05, 3.63) is 64.9 Å². The number of allylic oxidation sites excluding steroid dienone is 2. The van der Waals surface area contributed by atoms with E-state index in [4.69, 9.17) is 9.47 Å². The minimum absolute atomic E-state index is 0.0180. The predicted molar refractivity (Wildman–Crippen MR) is 102 cm³/mol. The Kier molecular flexibility index (Phi) is 7.11. The molecule has 31 heavy (non-hydrogen) atoms. The fourth-order valence-electron chi connectivity index (χ4n) is 2.99. The second-order valence-corrected chi connectivity index (χ2v) is 7.05. The topological polar surface area (TPSA) is 76.7 Å². The zero-order valence-electron chi connectivity index (χ0n) is 16.5. The lowest BCUT2D eigenvalue weighted by Crippen LogP contribution is -2.47. The van der Waals surface area contributed by atoms with Gasteiger partial charge in [-0.25, -0.2) is 17.6 Å². The lowest BCUT2D eigenvalue weighted by molar-refractivity contribution is -0.127. The van der Waals surface area contributed by atoms with Crippen molar-refractivity contribution in [1.29, 1.82) is 0 Å². The number of amides is 2. The molecule has 3 rings (SSSR count). The Labute approximate surface area is 175 Å². The Morgan fingerprint density at radius 1 is 1.06 bits per heavy atom. The van der Waals surface area contributed by atoms with Gasteiger partial charge in [0.1, 0.15) is 12.4 Å². The molecule has 0 heterocycles. The van der Waals surface area contributed by atoms with Gasteiger partial charge >= 0.3 is 0 Å². The maximum Gasteiger partial charge on any atom is 0.262 e. The highest BCUT2D eigenvalue weighted by Crippen LogP contribution is 2.26. The van der Waals surface area contributed by atoms with Gasteiger partial charge in [-0.2, -0.15) is 0 Å². The molecule has 2 aliphatic rings. The van der Waals surface area contributed by atoms with Crippen molar-refractivity contribution in [2.24, 2.45) is 0 Å². The fraction of sp³-hybridized carbons (Fsp3) is 0.333. The number of hydrogen-bond donors (Lipinski definition) is 2. The van der Waals surface area contributed by atoms with Crippen LogP contribution in [-0.4, -0.2) is 37.2 Å². The summed E-state index contributed by atoms with van der Waals surface area (Å²) in [5, 5.41) is 5.35. The van der Waals surface area contributed by atoms with Gasteiger partial charge in [0, 0.05) is 18.2 Å². The lowest BCUT2D eigenvalue weighted by Gasteiger charge is -2.32. The average Bonchev–Trinajstić information content (AvgIpc) is 2.74. The summed E-state index contributed by atoms with van der Waals surface area (Å²) < 4.78 is 62.5. The number of halogens is 4. The molecule has 0 saturated carbocycles. The molecule has 6 nitrogen and oxygen atoms in total. The zero-order chi connectivity index (χ0) is 22.5. The first-order valence-electron chi connectivity index (χ1n) is 9.44. The van der Waals surface area contributed by atoms with Crippen LogP contribution in [0.3, 0.4) is 0 Å². The SMILES string of the molecule is CC1=C(NC(=O)COc2ccc(F)c(F)c2)CC1NC(=O)COC1C=C(F)C(F)=CC1. The van der Waals surface area contributed by atoms with Crippen LogP contribution in [0.5, 0.6) is 5.75 Å². The van der Waals surface area contributed by atoms with E-state index in [1.54, 1.807) is 6.92 Å². The molecule has 1 aromatic carbocycles. The molecule has 10 heteroatoms. The van der Waals surface area contributed by atoms with Crippen molar-refractivity contribution >= 4 is 11.8 Å². The van der Waals surface area contributed by atoms with Crippen LogP contribution in [0.25, 0.3) is 0 Å². The Bertz CT molecular complexity index is 974. The highest BCUT2D eigenvalue weighted by Gasteiger charge is 2.29. The third-order valence-electron chi connectivity index (χ3n) is 4.81. The first-order valence-corrected chi connectivity index (χ1v) is 9.44. The van der Waals surface area contributed by atoms with Crippen molar-refractivity contribution in [2.45, 2.75) is 31.9 Å². The average molecular weight is 440 g/mol. The van der Waals surface area contributed by atoms with Crippen LogP contribution in [0.2, 0.25) is 0 Å². The van der Waals surface area contributed by atoms with Crippen LogP contribution in [0.4, 0.5) is 17.6 Å². The van der Waals surface area contributed by atoms with Gasteiger partial charge < -0.3 is 20.1 Å². The summed E-state index contributed by atoms with van der Waals surface area (Å²) in [5.41, 5.74) is 1.35. The Hall–Kier alpha value is -3.14. The van der Waals surface area contributed by atoms with Crippen molar-refractivity contribution < 1.29 is 36.6 Å². The molecule has 0 spiro atoms. The molecule has 0 aliphatic heterocycles. The van der Waals surface area contributed by atoms with Crippen molar-refractivity contribution in [2.75, 3.05) is 13.2 Å². The van der Waals surface area contributed by atoms with Crippen LogP contribution in [0.15, 0.2) is 53.3 Å². The third kappa shape index (κ3) is 5.94. The summed E-state index contributed by atoms with van der Waals surface area (Å²) in [6, 6.07) is 2.65. The van der Waals surface area contributed by atoms with Crippen molar-refractivity contribution in [1.82, 2.24) is 10.6 Å². The minimum Gasteiger partial charge on any atom is -0.484 e. The van der Waals surface area contributed by atoms with Gasteiger partial charge in [0.05, 0.1) is 12.1 Å². The molecule has 2 N–H and O–H groups in total. The number of benzene rings is 1. The zero-order valence-corrected chi connectivity index (χ0v) is 16.5. The summed E-state index contributed by atoms with van der Waals surface area (Å²) in [4.78, 5) is 24.0. The largest absolute Gasteiger partial charge is 0.484 e. The molecular weight excluding hydrogens is 420 g/mol. The van der Waals surface area contributed by atoms with Crippen molar-refractivity contribution in [3.8, 4) is 5.75 Å². The molecule has 0 aromatic heterocycles. The summed E-state index contributed by atoms with van der Waals surface area (Å²) in [5.74, 6) is -4.94. The fourth-order valence-corrected chi connectivity index (χ4v) is 2.99. The maximum atomic E-state index is 13.2. The first kappa shape index (κ1) is 22.5. The molecule has 0 saturated heterocycles. The molecular formula is C21H20F4N2O4. The van der Waals surface area contributed by atoms with E-state index in [-0.39, 0.29) is 24.8 Å². The van der Waals surface area contributed by atoms with Gasteiger partial charge in [-0.15, -0.1) is 0 Å². The molecule has 2 atom stereocenters. The lowest BCUT2D eigenvalue weighted by atomic mass is 9.89. The molecule has 2 amide bonds. The summed E-state index contributed by atoms with van der Waals surface area (Å²) in [6.45, 7) is 1.01. The number of nitrogens with one attached hydrogen (secondary N) is 2. The Balaban J connectivity index is 1.39. The van der Waals surface area contributed by atoms with E-state index in [1.807, 2.05) is 0 Å². The summed E-state index contributed by atoms with van der Waals surface area (Å²) >= 11 is 0. The molecule has 166 valence electrons. The van der Waals surface area contributed by atoms with Gasteiger partial charge in [-0.1, -0.05) is 0 Å². The highest BCUT2D eigenvalue weighted by molar-refractivity contribution is 5.81. The van der Waals surface area contributed by atoms with E-state index >= 15 is 0 Å². The standard InChI is InChI=1S/C21H20F4N2O4/c1-11-18(26-20(28)9-30-12-2-4-14(22)16(24)6-12)8-19(11)27-21(29)10-31-13-3-5-15(23)17(25)7-13/h2,4-7,13,19H,3,8-10H2,1H3,(H,26,28)(H,27,29). The number of rotatable bonds is 8. The number of carbonyl (C=O) groups is 2. The first-order chi connectivity index (χ1) is 14.7. The molecule has 1 aromatic rings. The van der Waals surface area contributed by atoms with Crippen LogP contribution >= 0.6 is 0 Å². The molecule has 0 radical (unpaired) electrons. The third-order valence-corrected chi connectivity index (χ3v) is 4.81. The highest BCUT2D eigenvalue weighted by atomic mass is 19.2. The Morgan fingerprint density at radius 2 is 1.84 bits per heavy atom. The minimum atomic E-state index is -1.08. The molecule has 0 fully saturated rings. The van der Waals surface area contributed by atoms with E-state index in [9.17, 15) is 27.2 Å². The predicted octanol–water partition coefficient (Wildman–Crippen LogP) is 3.12. The molecule has 2 aliphatic carbocycles. The quantitative estimate of drug-likeness (QED) is 0.609. The van der Waals surface area contributed by atoms with E-state index in [2.05, 4.69) is 10.6 Å². The van der Waals surface area contributed by atoms with Crippen molar-refractivity contribution in [3.63, 3.8) is 0 Å². The number of carbonyl (C=O) groups excluding carboxylic acids is 2. The van der Waals surface area contributed by atoms with E-state index in [1.165, 1.54) is 6.07 Å². The summed E-state index contributed by atoms with van der Waals surface area (Å²) in [7, 11) is 0. The van der Waals surface area contributed by atoms with Gasteiger partial charge in [0.15, 0.2) is 29.9 Å². The molecule has 0 bridgehead atoms. The van der Waals surface area contributed by atoms with Crippen LogP contribution in [-0.2, 0) is 14.3 Å². The normalized spacial score (nSPS) is 20.4. The smallest absolute Gasteiger partial charge is 0.262 e. The maximum absolute atomic E-state index is 13.2. The van der Waals surface area contributed by atoms with Gasteiger partial charge in [-0.3, -0.25) is 9.59 Å².